The molecule has 0 aromatic carbocycles. The highest BCUT2D eigenvalue weighted by Gasteiger charge is 2.20. The molecule has 0 spiro atoms. The van der Waals surface area contributed by atoms with Crippen LogP contribution in [-0.4, -0.2) is 74.2 Å². The molecule has 0 aliphatic carbocycles. The molecule has 6 heteroatoms. The summed E-state index contributed by atoms with van der Waals surface area (Å²) in [6.45, 7) is 19.7. The van der Waals surface area contributed by atoms with Crippen LogP contribution < -0.4 is 0 Å². The van der Waals surface area contributed by atoms with Crippen LogP contribution in [0, 0.1) is 0 Å². The first kappa shape index (κ1) is 27.1. The van der Waals surface area contributed by atoms with Gasteiger partial charge in [-0.1, -0.05) is 38.7 Å². The monoisotopic (exact) mass is 408 g/mol. The number of ether oxygens (including phenoxy) is 2. The van der Waals surface area contributed by atoms with Crippen LogP contribution in [0.2, 0.25) is 0 Å². The molecule has 0 bridgehead atoms. The van der Waals surface area contributed by atoms with Gasteiger partial charge in [0.1, 0.15) is 12.2 Å². The topological polar surface area (TPSA) is 59.1 Å². The lowest BCUT2D eigenvalue weighted by Gasteiger charge is -2.18. The average Bonchev–Trinajstić information content (AvgIpc) is 2.89. The van der Waals surface area contributed by atoms with E-state index in [4.69, 9.17) is 4.74 Å². The third-order valence-electron chi connectivity index (χ3n) is 4.27. The molecule has 0 radical (unpaired) electrons. The number of cyclic esters (lactones) is 1. The summed E-state index contributed by atoms with van der Waals surface area (Å²) in [6.07, 6.45) is 7.97. The van der Waals surface area contributed by atoms with Gasteiger partial charge in [0.15, 0.2) is 0 Å². The zero-order chi connectivity index (χ0) is 22.3. The first-order chi connectivity index (χ1) is 13.8. The lowest BCUT2D eigenvalue weighted by atomic mass is 10.1. The molecule has 29 heavy (non-hydrogen) atoms. The number of hydrogen-bond acceptors (Lipinski definition) is 6. The Morgan fingerprint density at radius 2 is 1.86 bits per heavy atom. The Kier molecular flexibility index (Phi) is 14.0. The molecule has 0 saturated carbocycles. The largest absolute Gasteiger partial charge is 0.462 e. The van der Waals surface area contributed by atoms with Gasteiger partial charge >= 0.3 is 5.97 Å². The maximum Gasteiger partial charge on any atom is 0.338 e. The van der Waals surface area contributed by atoms with Crippen molar-refractivity contribution in [3.05, 3.63) is 36.0 Å². The first-order valence-electron chi connectivity index (χ1n) is 10.5. The fraction of sp³-hybridized carbons (Fsp3) is 0.652. The lowest BCUT2D eigenvalue weighted by Crippen LogP contribution is -2.29. The normalized spacial score (nSPS) is 18.2. The summed E-state index contributed by atoms with van der Waals surface area (Å²) in [4.78, 5) is 25.9. The summed E-state index contributed by atoms with van der Waals surface area (Å²) in [7, 11) is 2.18. The Bertz CT molecular complexity index is 562. The van der Waals surface area contributed by atoms with Gasteiger partial charge in [0.25, 0.3) is 6.47 Å². The van der Waals surface area contributed by atoms with Crippen molar-refractivity contribution in [3.63, 3.8) is 0 Å². The molecule has 0 atom stereocenters. The van der Waals surface area contributed by atoms with E-state index in [1.165, 1.54) is 19.5 Å². The van der Waals surface area contributed by atoms with E-state index in [0.29, 0.717) is 18.7 Å². The van der Waals surface area contributed by atoms with Crippen molar-refractivity contribution in [2.75, 3.05) is 46.4 Å². The Balaban J connectivity index is 0.000000740. The van der Waals surface area contributed by atoms with Gasteiger partial charge in [0, 0.05) is 25.2 Å². The van der Waals surface area contributed by atoms with Crippen LogP contribution in [0.25, 0.3) is 0 Å². The second-order valence-corrected chi connectivity index (χ2v) is 7.74. The number of hydrogen-bond donors (Lipinski definition) is 0. The Labute approximate surface area is 177 Å². The van der Waals surface area contributed by atoms with Gasteiger partial charge in [-0.2, -0.15) is 0 Å². The van der Waals surface area contributed by atoms with E-state index in [0.717, 1.165) is 31.6 Å². The Morgan fingerprint density at radius 3 is 2.41 bits per heavy atom. The van der Waals surface area contributed by atoms with Gasteiger partial charge in [0.05, 0.1) is 5.57 Å². The average molecular weight is 409 g/mol. The maximum absolute atomic E-state index is 11.4. The fourth-order valence-corrected chi connectivity index (χ4v) is 2.73. The predicted octanol–water partition coefficient (Wildman–Crippen LogP) is 3.59. The SMILES string of the molecule is C=CC1=C(/C=C/CCN2CCCN(C)CC2)COC1=O.CC.CC(C)(C)OC=O. The van der Waals surface area contributed by atoms with Crippen molar-refractivity contribution in [1.29, 1.82) is 0 Å². The summed E-state index contributed by atoms with van der Waals surface area (Å²) in [6, 6.07) is 0. The highest BCUT2D eigenvalue weighted by Crippen LogP contribution is 2.17. The van der Waals surface area contributed by atoms with Crippen molar-refractivity contribution >= 4 is 12.4 Å². The van der Waals surface area contributed by atoms with Gasteiger partial charge in [-0.3, -0.25) is 4.79 Å². The van der Waals surface area contributed by atoms with Crippen LogP contribution in [0.3, 0.4) is 0 Å². The molecular formula is C23H40N2O4. The molecule has 2 aliphatic heterocycles. The first-order valence-corrected chi connectivity index (χ1v) is 10.5. The van der Waals surface area contributed by atoms with Crippen molar-refractivity contribution < 1.29 is 19.1 Å². The summed E-state index contributed by atoms with van der Waals surface area (Å²) in [5.74, 6) is -0.254. The molecule has 2 rings (SSSR count). The van der Waals surface area contributed by atoms with E-state index in [1.54, 1.807) is 6.08 Å². The third kappa shape index (κ3) is 12.3. The summed E-state index contributed by atoms with van der Waals surface area (Å²) >= 11 is 0. The minimum absolute atomic E-state index is 0.254. The Hall–Kier alpha value is -1.92. The van der Waals surface area contributed by atoms with Crippen molar-refractivity contribution in [1.82, 2.24) is 9.80 Å². The fourth-order valence-electron chi connectivity index (χ4n) is 2.73. The molecule has 0 aromatic heterocycles. The van der Waals surface area contributed by atoms with Gasteiger partial charge in [-0.15, -0.1) is 0 Å². The second kappa shape index (κ2) is 15.0. The summed E-state index contributed by atoms with van der Waals surface area (Å²) in [5, 5.41) is 0. The van der Waals surface area contributed by atoms with Gasteiger partial charge in [0.2, 0.25) is 0 Å². The molecule has 0 unspecified atom stereocenters. The van der Waals surface area contributed by atoms with Crippen molar-refractivity contribution in [2.45, 2.75) is 53.1 Å². The number of carbonyl (C=O) groups is 2. The van der Waals surface area contributed by atoms with Crippen LogP contribution in [0.4, 0.5) is 0 Å². The molecule has 166 valence electrons. The zero-order valence-electron chi connectivity index (χ0n) is 19.2. The highest BCUT2D eigenvalue weighted by molar-refractivity contribution is 5.95. The van der Waals surface area contributed by atoms with E-state index in [-0.39, 0.29) is 11.6 Å². The van der Waals surface area contributed by atoms with E-state index in [1.807, 2.05) is 40.7 Å². The second-order valence-electron chi connectivity index (χ2n) is 7.74. The van der Waals surface area contributed by atoms with Gasteiger partial charge < -0.3 is 19.3 Å². The molecule has 2 aliphatic rings. The molecule has 6 nitrogen and oxygen atoms in total. The number of esters is 1. The Morgan fingerprint density at radius 1 is 1.17 bits per heavy atom. The van der Waals surface area contributed by atoms with E-state index < -0.39 is 0 Å². The predicted molar refractivity (Wildman–Crippen MR) is 119 cm³/mol. The standard InChI is InChI=1S/C16H24N2O2.C5H10O2.C2H6/c1-3-15-14(13-20-16(15)19)7-4-5-9-18-10-6-8-17(2)11-12-18;1-5(2,3)7-4-6;1-2/h3-4,7H,1,5-6,8-13H2,2H3;4H,1-3H3;1-2H3/b7-4+;;. The summed E-state index contributed by atoms with van der Waals surface area (Å²) in [5.41, 5.74) is 1.24. The number of nitrogens with zero attached hydrogens (tertiary/aromatic N) is 2. The van der Waals surface area contributed by atoms with Crippen LogP contribution in [-0.2, 0) is 19.1 Å². The lowest BCUT2D eigenvalue weighted by molar-refractivity contribution is -0.138. The number of rotatable bonds is 6. The molecular weight excluding hydrogens is 368 g/mol. The summed E-state index contributed by atoms with van der Waals surface area (Å²) < 4.78 is 9.54. The van der Waals surface area contributed by atoms with E-state index >= 15 is 0 Å². The van der Waals surface area contributed by atoms with Gasteiger partial charge in [-0.25, -0.2) is 4.79 Å². The number of carbonyl (C=O) groups excluding carboxylic acids is 2. The minimum atomic E-state index is -0.318. The van der Waals surface area contributed by atoms with Crippen LogP contribution >= 0.6 is 0 Å². The van der Waals surface area contributed by atoms with Crippen LogP contribution in [0.1, 0.15) is 47.5 Å². The highest BCUT2D eigenvalue weighted by atomic mass is 16.5. The van der Waals surface area contributed by atoms with Crippen LogP contribution in [0.15, 0.2) is 36.0 Å². The van der Waals surface area contributed by atoms with E-state index in [9.17, 15) is 9.59 Å². The van der Waals surface area contributed by atoms with Crippen molar-refractivity contribution in [3.8, 4) is 0 Å². The molecule has 1 saturated heterocycles. The molecule has 0 amide bonds. The quantitative estimate of drug-likeness (QED) is 0.494. The number of likely N-dealkylation sites (N-methyl/N-ethyl adjacent to an activating group) is 1. The van der Waals surface area contributed by atoms with E-state index in [2.05, 4.69) is 34.2 Å². The molecule has 2 heterocycles. The zero-order valence-corrected chi connectivity index (χ0v) is 19.2. The minimum Gasteiger partial charge on any atom is -0.462 e. The van der Waals surface area contributed by atoms with Gasteiger partial charge in [-0.05, 0) is 53.8 Å². The smallest absolute Gasteiger partial charge is 0.338 e. The van der Waals surface area contributed by atoms with Crippen LogP contribution in [0.5, 0.6) is 0 Å². The molecule has 0 aromatic rings. The molecule has 0 N–H and O–H groups in total. The third-order valence-corrected chi connectivity index (χ3v) is 4.27. The van der Waals surface area contributed by atoms with Crippen molar-refractivity contribution in [2.24, 2.45) is 0 Å². The maximum atomic E-state index is 11.4. The molecule has 1 fully saturated rings.